The fourth-order valence-corrected chi connectivity index (χ4v) is 2.21. The Hall–Kier alpha value is -0.620. The van der Waals surface area contributed by atoms with E-state index in [-0.39, 0.29) is 6.61 Å². The van der Waals surface area contributed by atoms with Crippen molar-refractivity contribution in [3.8, 4) is 5.75 Å². The average Bonchev–Trinajstić information content (AvgIpc) is 2.45. The number of aliphatic hydroxyl groups excluding tert-OH is 1. The number of nitrogens with one attached hydrogen (secondary N) is 1. The van der Waals surface area contributed by atoms with Crippen molar-refractivity contribution in [1.82, 2.24) is 5.32 Å². The van der Waals surface area contributed by atoms with Gasteiger partial charge in [0, 0.05) is 36.8 Å². The highest BCUT2D eigenvalue weighted by Crippen LogP contribution is 2.23. The molecule has 0 saturated heterocycles. The van der Waals surface area contributed by atoms with Crippen LogP contribution in [-0.2, 0) is 11.3 Å². The molecule has 0 aliphatic rings. The Morgan fingerprint density at radius 2 is 2.05 bits per heavy atom. The fraction of sp³-hybridized carbons (Fsp3) is 0.600. The molecule has 5 heteroatoms. The summed E-state index contributed by atoms with van der Waals surface area (Å²) in [5.41, 5.74) is 1.14. The molecular weight excluding hydrogens is 322 g/mol. The lowest BCUT2D eigenvalue weighted by atomic mass is 10.2. The zero-order chi connectivity index (χ0) is 14.6. The number of benzene rings is 1. The minimum absolute atomic E-state index is 0.257. The summed E-state index contributed by atoms with van der Waals surface area (Å²) in [4.78, 5) is 0. The Morgan fingerprint density at radius 1 is 1.20 bits per heavy atom. The standard InChI is InChI=1S/C15H24BrNO3/c1-19-10-7-17-12-13-11-14(16)5-6-15(13)20-9-4-2-3-8-18/h5-6,11,17-18H,2-4,7-10,12H2,1H3. The number of methoxy groups -OCH3 is 1. The van der Waals surface area contributed by atoms with Gasteiger partial charge in [-0.2, -0.15) is 0 Å². The van der Waals surface area contributed by atoms with Crippen molar-refractivity contribution in [2.45, 2.75) is 25.8 Å². The van der Waals surface area contributed by atoms with Crippen molar-refractivity contribution < 1.29 is 14.6 Å². The average molecular weight is 346 g/mol. The van der Waals surface area contributed by atoms with Crippen LogP contribution in [0.5, 0.6) is 5.75 Å². The van der Waals surface area contributed by atoms with E-state index in [0.29, 0.717) is 13.2 Å². The molecule has 0 heterocycles. The first-order valence-corrected chi connectivity index (χ1v) is 7.79. The molecule has 0 aliphatic carbocycles. The third-order valence-electron chi connectivity index (χ3n) is 2.88. The second kappa shape index (κ2) is 11.1. The normalized spacial score (nSPS) is 10.8. The van der Waals surface area contributed by atoms with Crippen LogP contribution < -0.4 is 10.1 Å². The summed E-state index contributed by atoms with van der Waals surface area (Å²) in [5, 5.41) is 12.1. The largest absolute Gasteiger partial charge is 0.493 e. The van der Waals surface area contributed by atoms with E-state index in [2.05, 4.69) is 27.3 Å². The molecule has 20 heavy (non-hydrogen) atoms. The van der Waals surface area contributed by atoms with Gasteiger partial charge >= 0.3 is 0 Å². The van der Waals surface area contributed by atoms with Crippen LogP contribution in [0.25, 0.3) is 0 Å². The van der Waals surface area contributed by atoms with E-state index >= 15 is 0 Å². The fourth-order valence-electron chi connectivity index (χ4n) is 1.80. The van der Waals surface area contributed by atoms with Gasteiger partial charge in [-0.1, -0.05) is 15.9 Å². The second-order valence-electron chi connectivity index (χ2n) is 4.55. The summed E-state index contributed by atoms with van der Waals surface area (Å²) in [7, 11) is 1.70. The van der Waals surface area contributed by atoms with Gasteiger partial charge in [-0.25, -0.2) is 0 Å². The smallest absolute Gasteiger partial charge is 0.123 e. The minimum atomic E-state index is 0.257. The van der Waals surface area contributed by atoms with Crippen LogP contribution in [-0.4, -0.2) is 38.6 Å². The third-order valence-corrected chi connectivity index (χ3v) is 3.37. The maximum Gasteiger partial charge on any atom is 0.123 e. The molecule has 0 radical (unpaired) electrons. The number of hydrogen-bond donors (Lipinski definition) is 2. The van der Waals surface area contributed by atoms with Gasteiger partial charge in [0.1, 0.15) is 5.75 Å². The molecule has 0 bridgehead atoms. The van der Waals surface area contributed by atoms with Gasteiger partial charge in [-0.15, -0.1) is 0 Å². The maximum absolute atomic E-state index is 8.73. The molecule has 1 rings (SSSR count). The van der Waals surface area contributed by atoms with Crippen molar-refractivity contribution in [2.24, 2.45) is 0 Å². The predicted octanol–water partition coefficient (Wildman–Crippen LogP) is 2.73. The van der Waals surface area contributed by atoms with Crippen LogP contribution in [0.15, 0.2) is 22.7 Å². The minimum Gasteiger partial charge on any atom is -0.493 e. The van der Waals surface area contributed by atoms with E-state index in [1.807, 2.05) is 12.1 Å². The molecule has 0 fully saturated rings. The summed E-state index contributed by atoms with van der Waals surface area (Å²) in [6.45, 7) is 3.22. The Kier molecular flexibility index (Phi) is 9.66. The monoisotopic (exact) mass is 345 g/mol. The van der Waals surface area contributed by atoms with Crippen LogP contribution in [0.2, 0.25) is 0 Å². The molecule has 0 amide bonds. The first-order chi connectivity index (χ1) is 9.77. The summed E-state index contributed by atoms with van der Waals surface area (Å²) >= 11 is 3.49. The molecule has 1 aromatic carbocycles. The van der Waals surface area contributed by atoms with Gasteiger partial charge in [-0.3, -0.25) is 0 Å². The van der Waals surface area contributed by atoms with Crippen molar-refractivity contribution in [3.63, 3.8) is 0 Å². The summed E-state index contributed by atoms with van der Waals surface area (Å²) < 4.78 is 11.9. The quantitative estimate of drug-likeness (QED) is 0.605. The Morgan fingerprint density at radius 3 is 2.80 bits per heavy atom. The molecule has 0 spiro atoms. The molecule has 0 unspecified atom stereocenters. The number of aliphatic hydroxyl groups is 1. The molecule has 0 atom stereocenters. The highest BCUT2D eigenvalue weighted by Gasteiger charge is 2.04. The van der Waals surface area contributed by atoms with Crippen LogP contribution >= 0.6 is 15.9 Å². The second-order valence-corrected chi connectivity index (χ2v) is 5.47. The van der Waals surface area contributed by atoms with Gasteiger partial charge in [0.2, 0.25) is 0 Å². The number of rotatable bonds is 11. The van der Waals surface area contributed by atoms with E-state index in [1.54, 1.807) is 7.11 Å². The van der Waals surface area contributed by atoms with E-state index in [0.717, 1.165) is 48.1 Å². The van der Waals surface area contributed by atoms with E-state index < -0.39 is 0 Å². The van der Waals surface area contributed by atoms with Crippen LogP contribution in [0.3, 0.4) is 0 Å². The van der Waals surface area contributed by atoms with Gasteiger partial charge in [0.25, 0.3) is 0 Å². The molecule has 4 nitrogen and oxygen atoms in total. The molecular formula is C15H24BrNO3. The number of unbranched alkanes of at least 4 members (excludes halogenated alkanes) is 2. The lowest BCUT2D eigenvalue weighted by Crippen LogP contribution is -2.19. The van der Waals surface area contributed by atoms with Gasteiger partial charge in [0.05, 0.1) is 13.2 Å². The topological polar surface area (TPSA) is 50.7 Å². The first-order valence-electron chi connectivity index (χ1n) is 6.99. The zero-order valence-electron chi connectivity index (χ0n) is 12.0. The maximum atomic E-state index is 8.73. The van der Waals surface area contributed by atoms with Crippen molar-refractivity contribution in [3.05, 3.63) is 28.2 Å². The summed E-state index contributed by atoms with van der Waals surface area (Å²) in [6, 6.07) is 6.05. The zero-order valence-corrected chi connectivity index (χ0v) is 13.6. The number of ether oxygens (including phenoxy) is 2. The Bertz CT molecular complexity index is 374. The lowest BCUT2D eigenvalue weighted by Gasteiger charge is -2.13. The van der Waals surface area contributed by atoms with Crippen LogP contribution in [0.1, 0.15) is 24.8 Å². The molecule has 114 valence electrons. The molecule has 2 N–H and O–H groups in total. The highest BCUT2D eigenvalue weighted by molar-refractivity contribution is 9.10. The van der Waals surface area contributed by atoms with Gasteiger partial charge in [0.15, 0.2) is 0 Å². The predicted molar refractivity (Wildman–Crippen MR) is 84.2 cm³/mol. The van der Waals surface area contributed by atoms with Crippen LogP contribution in [0.4, 0.5) is 0 Å². The van der Waals surface area contributed by atoms with Crippen molar-refractivity contribution in [1.29, 1.82) is 0 Å². The van der Waals surface area contributed by atoms with Gasteiger partial charge < -0.3 is 19.9 Å². The SMILES string of the molecule is COCCNCc1cc(Br)ccc1OCCCCCO. The first kappa shape index (κ1) is 17.4. The summed E-state index contributed by atoms with van der Waals surface area (Å²) in [6.07, 6.45) is 2.80. The summed E-state index contributed by atoms with van der Waals surface area (Å²) in [5.74, 6) is 0.919. The molecule has 0 aromatic heterocycles. The highest BCUT2D eigenvalue weighted by atomic mass is 79.9. The number of hydrogen-bond acceptors (Lipinski definition) is 4. The van der Waals surface area contributed by atoms with E-state index in [4.69, 9.17) is 14.6 Å². The molecule has 0 aliphatic heterocycles. The Labute approximate surface area is 129 Å². The van der Waals surface area contributed by atoms with Crippen molar-refractivity contribution >= 4 is 15.9 Å². The number of halogens is 1. The van der Waals surface area contributed by atoms with E-state index in [9.17, 15) is 0 Å². The third kappa shape index (κ3) is 7.24. The van der Waals surface area contributed by atoms with Crippen LogP contribution in [0, 0.1) is 0 Å². The van der Waals surface area contributed by atoms with E-state index in [1.165, 1.54) is 0 Å². The molecule has 0 saturated carbocycles. The van der Waals surface area contributed by atoms with Crippen molar-refractivity contribution in [2.75, 3.05) is 33.5 Å². The molecule has 1 aromatic rings. The Balaban J connectivity index is 2.42. The lowest BCUT2D eigenvalue weighted by molar-refractivity contribution is 0.199. The van der Waals surface area contributed by atoms with Gasteiger partial charge in [-0.05, 0) is 37.5 Å².